The number of aromatic nitrogens is 5. The number of hydrogen-bond donors (Lipinski definition) is 0. The number of aryl methyl sites for hydroxylation is 1. The number of fused-ring (bicyclic) bond motifs is 2. The second-order valence-electron chi connectivity index (χ2n) is 7.71. The van der Waals surface area contributed by atoms with Gasteiger partial charge in [0, 0.05) is 60.7 Å². The van der Waals surface area contributed by atoms with Crippen LogP contribution in [-0.2, 0) is 6.42 Å². The molecule has 0 amide bonds. The largest absolute Gasteiger partial charge is 0.339 e. The van der Waals surface area contributed by atoms with E-state index in [4.69, 9.17) is 15.0 Å². The highest BCUT2D eigenvalue weighted by atomic mass is 15.3. The van der Waals surface area contributed by atoms with Crippen LogP contribution in [0.5, 0.6) is 0 Å². The van der Waals surface area contributed by atoms with Gasteiger partial charge < -0.3 is 4.90 Å². The number of para-hydroxylation sites is 1. The van der Waals surface area contributed by atoms with Crippen molar-refractivity contribution in [1.29, 1.82) is 0 Å². The SMILES string of the molecule is Cc1ncccc1-c1nc2c(nc1C1CN(c3ncc4ccccc4n3)C1)N=CC2. The molecule has 146 valence electrons. The van der Waals surface area contributed by atoms with E-state index >= 15 is 0 Å². The summed E-state index contributed by atoms with van der Waals surface area (Å²) in [5.74, 6) is 1.76. The van der Waals surface area contributed by atoms with Gasteiger partial charge in [-0.2, -0.15) is 0 Å². The van der Waals surface area contributed by atoms with E-state index < -0.39 is 0 Å². The predicted molar refractivity (Wildman–Crippen MR) is 116 cm³/mol. The molecule has 6 rings (SSSR count). The second-order valence-corrected chi connectivity index (χ2v) is 7.71. The molecule has 0 atom stereocenters. The van der Waals surface area contributed by atoms with Gasteiger partial charge in [-0.1, -0.05) is 18.2 Å². The van der Waals surface area contributed by atoms with Crippen LogP contribution in [0.3, 0.4) is 0 Å². The van der Waals surface area contributed by atoms with Crippen LogP contribution < -0.4 is 4.90 Å². The first-order chi connectivity index (χ1) is 14.8. The lowest BCUT2D eigenvalue weighted by molar-refractivity contribution is 0.504. The van der Waals surface area contributed by atoms with Gasteiger partial charge in [0.25, 0.3) is 0 Å². The lowest BCUT2D eigenvalue weighted by atomic mass is 9.92. The van der Waals surface area contributed by atoms with Crippen molar-refractivity contribution < 1.29 is 0 Å². The standard InChI is InChI=1S/C23H19N7/c1-14-17(6-4-9-24-14)21-20(29-22-19(27-21)8-10-25-22)16-12-30(13-16)23-26-11-15-5-2-3-7-18(15)28-23/h2-7,9-11,16H,8,12-13H2,1H3. The fourth-order valence-corrected chi connectivity index (χ4v) is 4.08. The fourth-order valence-electron chi connectivity index (χ4n) is 4.08. The van der Waals surface area contributed by atoms with Crippen LogP contribution in [0.25, 0.3) is 22.2 Å². The highest BCUT2D eigenvalue weighted by molar-refractivity contribution is 5.79. The van der Waals surface area contributed by atoms with E-state index in [-0.39, 0.29) is 5.92 Å². The van der Waals surface area contributed by atoms with Crippen LogP contribution in [0.4, 0.5) is 11.8 Å². The van der Waals surface area contributed by atoms with Gasteiger partial charge in [0.05, 0.1) is 22.6 Å². The monoisotopic (exact) mass is 393 g/mol. The molecule has 7 nitrogen and oxygen atoms in total. The number of rotatable bonds is 3. The van der Waals surface area contributed by atoms with Gasteiger partial charge in [0.15, 0.2) is 5.82 Å². The lowest BCUT2D eigenvalue weighted by Crippen LogP contribution is -2.46. The van der Waals surface area contributed by atoms with Gasteiger partial charge in [-0.3, -0.25) is 4.98 Å². The summed E-state index contributed by atoms with van der Waals surface area (Å²) in [6.07, 6.45) is 6.31. The van der Waals surface area contributed by atoms with Gasteiger partial charge >= 0.3 is 0 Å². The Bertz CT molecular complexity index is 1310. The third-order valence-electron chi connectivity index (χ3n) is 5.76. The number of nitrogens with zero attached hydrogens (tertiary/aromatic N) is 7. The van der Waals surface area contributed by atoms with Crippen LogP contribution >= 0.6 is 0 Å². The molecule has 0 saturated carbocycles. The van der Waals surface area contributed by atoms with Crippen LogP contribution in [0, 0.1) is 6.92 Å². The zero-order chi connectivity index (χ0) is 20.1. The van der Waals surface area contributed by atoms with Crippen molar-refractivity contribution in [2.75, 3.05) is 18.0 Å². The first kappa shape index (κ1) is 17.1. The summed E-state index contributed by atoms with van der Waals surface area (Å²) in [7, 11) is 0. The van der Waals surface area contributed by atoms with Crippen LogP contribution in [-0.4, -0.2) is 44.2 Å². The second kappa shape index (κ2) is 6.66. The molecule has 2 aliphatic heterocycles. The molecular weight excluding hydrogens is 374 g/mol. The maximum atomic E-state index is 4.95. The molecule has 0 unspecified atom stereocenters. The van der Waals surface area contributed by atoms with Crippen molar-refractivity contribution in [2.45, 2.75) is 19.3 Å². The summed E-state index contributed by atoms with van der Waals surface area (Å²) in [5.41, 5.74) is 5.81. The maximum absolute atomic E-state index is 4.95. The molecule has 30 heavy (non-hydrogen) atoms. The van der Waals surface area contributed by atoms with Gasteiger partial charge in [-0.05, 0) is 25.1 Å². The Morgan fingerprint density at radius 2 is 1.87 bits per heavy atom. The van der Waals surface area contributed by atoms with Crippen molar-refractivity contribution in [3.05, 3.63) is 65.9 Å². The molecule has 0 N–H and O–H groups in total. The Labute approximate surface area is 173 Å². The topological polar surface area (TPSA) is 80.0 Å². The Kier molecular flexibility index (Phi) is 3.80. The molecule has 4 aromatic rings. The Hall–Kier alpha value is -3.74. The summed E-state index contributed by atoms with van der Waals surface area (Å²) < 4.78 is 0. The van der Waals surface area contributed by atoms with E-state index in [1.54, 1.807) is 0 Å². The minimum Gasteiger partial charge on any atom is -0.339 e. The molecule has 0 aliphatic carbocycles. The highest BCUT2D eigenvalue weighted by Crippen LogP contribution is 2.37. The Balaban J connectivity index is 1.34. The van der Waals surface area contributed by atoms with Crippen LogP contribution in [0.2, 0.25) is 0 Å². The van der Waals surface area contributed by atoms with E-state index in [9.17, 15) is 0 Å². The normalized spacial score (nSPS) is 15.4. The molecule has 2 aliphatic rings. The highest BCUT2D eigenvalue weighted by Gasteiger charge is 2.35. The molecule has 5 heterocycles. The number of anilines is 1. The van der Waals surface area contributed by atoms with Crippen molar-refractivity contribution in [3.8, 4) is 11.3 Å². The summed E-state index contributed by atoms with van der Waals surface area (Å²) in [6.45, 7) is 3.63. The third-order valence-corrected chi connectivity index (χ3v) is 5.76. The first-order valence-corrected chi connectivity index (χ1v) is 10.1. The van der Waals surface area contributed by atoms with E-state index in [0.29, 0.717) is 0 Å². The maximum Gasteiger partial charge on any atom is 0.225 e. The predicted octanol–water partition coefficient (Wildman–Crippen LogP) is 3.65. The average Bonchev–Trinajstić information content (AvgIpc) is 3.20. The summed E-state index contributed by atoms with van der Waals surface area (Å²) in [5, 5.41) is 1.05. The summed E-state index contributed by atoms with van der Waals surface area (Å²) in [4.78, 5) is 30.2. The van der Waals surface area contributed by atoms with Crippen molar-refractivity contribution >= 4 is 28.9 Å². The van der Waals surface area contributed by atoms with Crippen molar-refractivity contribution in [3.63, 3.8) is 0 Å². The number of pyridine rings is 1. The fraction of sp³-hybridized carbons (Fsp3) is 0.217. The van der Waals surface area contributed by atoms with Crippen LogP contribution in [0.15, 0.2) is 53.8 Å². The first-order valence-electron chi connectivity index (χ1n) is 10.1. The van der Waals surface area contributed by atoms with E-state index in [1.807, 2.05) is 55.9 Å². The zero-order valence-corrected chi connectivity index (χ0v) is 16.5. The molecule has 0 spiro atoms. The van der Waals surface area contributed by atoms with E-state index in [0.717, 1.165) is 70.5 Å². The molecule has 7 heteroatoms. The molecule has 0 radical (unpaired) electrons. The molecular formula is C23H19N7. The molecule has 3 aromatic heterocycles. The van der Waals surface area contributed by atoms with Crippen molar-refractivity contribution in [2.24, 2.45) is 4.99 Å². The summed E-state index contributed by atoms with van der Waals surface area (Å²) >= 11 is 0. The third kappa shape index (κ3) is 2.74. The summed E-state index contributed by atoms with van der Waals surface area (Å²) in [6, 6.07) is 12.1. The van der Waals surface area contributed by atoms with Gasteiger partial charge in [-0.25, -0.2) is 24.9 Å². The molecule has 0 bridgehead atoms. The minimum atomic E-state index is 0.253. The smallest absolute Gasteiger partial charge is 0.225 e. The van der Waals surface area contributed by atoms with E-state index in [1.165, 1.54) is 0 Å². The van der Waals surface area contributed by atoms with Gasteiger partial charge in [0.2, 0.25) is 5.95 Å². The minimum absolute atomic E-state index is 0.253. The van der Waals surface area contributed by atoms with Gasteiger partial charge in [0.1, 0.15) is 0 Å². The Morgan fingerprint density at radius 3 is 2.77 bits per heavy atom. The van der Waals surface area contributed by atoms with Crippen LogP contribution in [0.1, 0.15) is 23.0 Å². The van der Waals surface area contributed by atoms with Crippen molar-refractivity contribution in [1.82, 2.24) is 24.9 Å². The molecule has 1 aromatic carbocycles. The lowest BCUT2D eigenvalue weighted by Gasteiger charge is -2.39. The number of benzene rings is 1. The number of hydrogen-bond acceptors (Lipinski definition) is 7. The zero-order valence-electron chi connectivity index (χ0n) is 16.5. The number of aliphatic imine (C=N–C) groups is 1. The molecule has 1 fully saturated rings. The average molecular weight is 393 g/mol. The Morgan fingerprint density at radius 1 is 0.967 bits per heavy atom. The quantitative estimate of drug-likeness (QED) is 0.529. The van der Waals surface area contributed by atoms with Gasteiger partial charge in [-0.15, -0.1) is 0 Å². The molecule has 1 saturated heterocycles. The van der Waals surface area contributed by atoms with E-state index in [2.05, 4.69) is 25.9 Å².